The summed E-state index contributed by atoms with van der Waals surface area (Å²) in [6.45, 7) is 1.87. The number of halogens is 2. The number of hydrogen-bond acceptors (Lipinski definition) is 5. The number of hydrogen-bond donors (Lipinski definition) is 2. The first-order valence-corrected chi connectivity index (χ1v) is 8.46. The quantitative estimate of drug-likeness (QED) is 0.693. The van der Waals surface area contributed by atoms with E-state index >= 15 is 0 Å². The van der Waals surface area contributed by atoms with E-state index in [9.17, 15) is 4.39 Å². The van der Waals surface area contributed by atoms with Crippen molar-refractivity contribution in [1.82, 2.24) is 0 Å². The maximum atomic E-state index is 14.7. The van der Waals surface area contributed by atoms with E-state index in [1.807, 2.05) is 13.0 Å². The molecule has 3 rings (SSSR count). The number of benzene rings is 1. The van der Waals surface area contributed by atoms with Crippen LogP contribution in [-0.4, -0.2) is 17.6 Å². The van der Waals surface area contributed by atoms with Crippen molar-refractivity contribution in [2.45, 2.75) is 44.7 Å². The zero-order valence-electron chi connectivity index (χ0n) is 12.4. The molecule has 1 saturated carbocycles. The van der Waals surface area contributed by atoms with Gasteiger partial charge in [-0.3, -0.25) is 4.90 Å². The SMILES string of the molecule is Cc1cc(F)c(N2C(N)=NC(N)=NC23CCCCC3)c(I)c1. The molecule has 1 fully saturated rings. The molecule has 5 nitrogen and oxygen atoms in total. The minimum absolute atomic E-state index is 0.179. The molecule has 118 valence electrons. The van der Waals surface area contributed by atoms with Crippen molar-refractivity contribution >= 4 is 40.2 Å². The number of guanidine groups is 2. The van der Waals surface area contributed by atoms with Crippen LogP contribution in [0.5, 0.6) is 0 Å². The Kier molecular flexibility index (Phi) is 4.00. The summed E-state index contributed by atoms with van der Waals surface area (Å²) < 4.78 is 15.5. The zero-order chi connectivity index (χ0) is 15.9. The molecule has 1 aliphatic heterocycles. The van der Waals surface area contributed by atoms with Gasteiger partial charge >= 0.3 is 0 Å². The lowest BCUT2D eigenvalue weighted by molar-refractivity contribution is 0.303. The first kappa shape index (κ1) is 15.5. The van der Waals surface area contributed by atoms with Crippen LogP contribution in [0.2, 0.25) is 0 Å². The molecule has 0 aromatic heterocycles. The molecule has 1 spiro atoms. The Morgan fingerprint density at radius 1 is 1.23 bits per heavy atom. The molecule has 2 aliphatic rings. The maximum Gasteiger partial charge on any atom is 0.220 e. The summed E-state index contributed by atoms with van der Waals surface area (Å²) in [6, 6.07) is 3.45. The summed E-state index contributed by atoms with van der Waals surface area (Å²) in [5, 5.41) is 0. The van der Waals surface area contributed by atoms with Crippen LogP contribution in [0.1, 0.15) is 37.7 Å². The van der Waals surface area contributed by atoms with E-state index in [1.54, 1.807) is 4.90 Å². The Morgan fingerprint density at radius 2 is 1.91 bits per heavy atom. The van der Waals surface area contributed by atoms with Gasteiger partial charge in [-0.05, 0) is 72.9 Å². The van der Waals surface area contributed by atoms with Gasteiger partial charge in [0.15, 0.2) is 0 Å². The van der Waals surface area contributed by atoms with E-state index in [4.69, 9.17) is 11.5 Å². The van der Waals surface area contributed by atoms with Gasteiger partial charge in [0.2, 0.25) is 11.9 Å². The molecule has 1 heterocycles. The van der Waals surface area contributed by atoms with Crippen LogP contribution < -0.4 is 16.4 Å². The van der Waals surface area contributed by atoms with E-state index in [1.165, 1.54) is 6.07 Å². The van der Waals surface area contributed by atoms with E-state index in [0.29, 0.717) is 5.69 Å². The lowest BCUT2D eigenvalue weighted by Crippen LogP contribution is -2.58. The number of rotatable bonds is 1. The van der Waals surface area contributed by atoms with Gasteiger partial charge in [0.05, 0.1) is 5.69 Å². The number of nitrogens with zero attached hydrogens (tertiary/aromatic N) is 3. The molecule has 1 aromatic carbocycles. The highest BCUT2D eigenvalue weighted by Gasteiger charge is 2.44. The van der Waals surface area contributed by atoms with Crippen LogP contribution in [0.3, 0.4) is 0 Å². The Labute approximate surface area is 142 Å². The van der Waals surface area contributed by atoms with Crippen LogP contribution in [-0.2, 0) is 0 Å². The Morgan fingerprint density at radius 3 is 2.55 bits per heavy atom. The van der Waals surface area contributed by atoms with Gasteiger partial charge < -0.3 is 11.5 Å². The van der Waals surface area contributed by atoms with Gasteiger partial charge in [-0.1, -0.05) is 6.42 Å². The average Bonchev–Trinajstić information content (AvgIpc) is 2.41. The lowest BCUT2D eigenvalue weighted by atomic mass is 9.87. The molecule has 0 bridgehead atoms. The summed E-state index contributed by atoms with van der Waals surface area (Å²) in [7, 11) is 0. The van der Waals surface area contributed by atoms with Gasteiger partial charge in [-0.15, -0.1) is 0 Å². The number of nitrogens with two attached hydrogens (primary N) is 2. The van der Waals surface area contributed by atoms with E-state index < -0.39 is 5.66 Å². The van der Waals surface area contributed by atoms with Gasteiger partial charge in [-0.25, -0.2) is 9.38 Å². The van der Waals surface area contributed by atoms with E-state index in [0.717, 1.165) is 41.2 Å². The molecule has 0 amide bonds. The van der Waals surface area contributed by atoms with Crippen molar-refractivity contribution in [3.05, 3.63) is 27.1 Å². The minimum Gasteiger partial charge on any atom is -0.369 e. The first-order chi connectivity index (χ1) is 10.4. The van der Waals surface area contributed by atoms with Crippen molar-refractivity contribution in [2.24, 2.45) is 21.5 Å². The highest BCUT2D eigenvalue weighted by Crippen LogP contribution is 2.42. The Bertz CT molecular complexity index is 641. The average molecular weight is 415 g/mol. The van der Waals surface area contributed by atoms with Crippen molar-refractivity contribution in [2.75, 3.05) is 4.90 Å². The second-order valence-corrected chi connectivity index (χ2v) is 7.06. The fraction of sp³-hybridized carbons (Fsp3) is 0.467. The van der Waals surface area contributed by atoms with Crippen LogP contribution in [0.25, 0.3) is 0 Å². The first-order valence-electron chi connectivity index (χ1n) is 7.38. The van der Waals surface area contributed by atoms with Crippen LogP contribution in [0.15, 0.2) is 22.1 Å². The highest BCUT2D eigenvalue weighted by atomic mass is 127. The minimum atomic E-state index is -0.607. The van der Waals surface area contributed by atoms with E-state index in [-0.39, 0.29) is 17.7 Å². The van der Waals surface area contributed by atoms with Crippen molar-refractivity contribution in [3.8, 4) is 0 Å². The Balaban J connectivity index is 2.16. The summed E-state index contributed by atoms with van der Waals surface area (Å²) >= 11 is 2.14. The van der Waals surface area contributed by atoms with Crippen molar-refractivity contribution in [3.63, 3.8) is 0 Å². The predicted molar refractivity (Wildman–Crippen MR) is 95.4 cm³/mol. The lowest BCUT2D eigenvalue weighted by Gasteiger charge is -2.46. The monoisotopic (exact) mass is 415 g/mol. The van der Waals surface area contributed by atoms with Crippen LogP contribution in [0, 0.1) is 16.3 Å². The summed E-state index contributed by atoms with van der Waals surface area (Å²) in [5.41, 5.74) is 12.7. The smallest absolute Gasteiger partial charge is 0.220 e. The van der Waals surface area contributed by atoms with Gasteiger partial charge in [0.25, 0.3) is 0 Å². The van der Waals surface area contributed by atoms with Crippen LogP contribution in [0.4, 0.5) is 10.1 Å². The predicted octanol–water partition coefficient (Wildman–Crippen LogP) is 2.85. The molecular formula is C15H19FIN5. The molecule has 0 atom stereocenters. The molecule has 1 aromatic rings. The van der Waals surface area contributed by atoms with Crippen molar-refractivity contribution in [1.29, 1.82) is 0 Å². The van der Waals surface area contributed by atoms with Gasteiger partial charge in [0.1, 0.15) is 11.5 Å². The highest BCUT2D eigenvalue weighted by molar-refractivity contribution is 14.1. The third kappa shape index (κ3) is 2.55. The number of aryl methyl sites for hydroxylation is 1. The maximum absolute atomic E-state index is 14.7. The Hall–Kier alpha value is -1.38. The largest absolute Gasteiger partial charge is 0.369 e. The molecule has 22 heavy (non-hydrogen) atoms. The third-order valence-electron chi connectivity index (χ3n) is 4.24. The standard InChI is InChI=1S/C15H19FIN5/c1-9-7-10(16)12(11(17)8-9)22-14(19)20-13(18)21-15(22)5-3-2-4-6-15/h7-8H,2-6H2,1H3,(H4,18,19,20,21). The van der Waals surface area contributed by atoms with E-state index in [2.05, 4.69) is 32.6 Å². The number of aliphatic imine (C=N–C) groups is 2. The second-order valence-electron chi connectivity index (χ2n) is 5.90. The normalized spacial score (nSPS) is 20.8. The molecule has 4 N–H and O–H groups in total. The summed E-state index contributed by atoms with van der Waals surface area (Å²) in [4.78, 5) is 10.4. The third-order valence-corrected chi connectivity index (χ3v) is 5.06. The number of anilines is 1. The molecular weight excluding hydrogens is 396 g/mol. The molecule has 7 heteroatoms. The molecule has 0 radical (unpaired) electrons. The summed E-state index contributed by atoms with van der Waals surface area (Å²) in [5.74, 6) is 0.0939. The fourth-order valence-electron chi connectivity index (χ4n) is 3.35. The zero-order valence-corrected chi connectivity index (χ0v) is 14.6. The van der Waals surface area contributed by atoms with Crippen molar-refractivity contribution < 1.29 is 4.39 Å². The van der Waals surface area contributed by atoms with Gasteiger partial charge in [0, 0.05) is 3.57 Å². The topological polar surface area (TPSA) is 80.0 Å². The fourth-order valence-corrected chi connectivity index (χ4v) is 4.34. The molecule has 0 saturated heterocycles. The van der Waals surface area contributed by atoms with Gasteiger partial charge in [-0.2, -0.15) is 4.99 Å². The second kappa shape index (κ2) is 5.68. The van der Waals surface area contributed by atoms with Crippen LogP contribution >= 0.6 is 22.6 Å². The molecule has 0 unspecified atom stereocenters. The molecule has 1 aliphatic carbocycles. The summed E-state index contributed by atoms with van der Waals surface area (Å²) in [6.07, 6.45) is 4.78.